The Morgan fingerprint density at radius 2 is 1.94 bits per heavy atom. The average Bonchev–Trinajstić information content (AvgIpc) is 2.83. The quantitative estimate of drug-likeness (QED) is 0.437. The van der Waals surface area contributed by atoms with Gasteiger partial charge in [0.2, 0.25) is 0 Å². The molecule has 0 aromatic carbocycles. The Kier molecular flexibility index (Phi) is 5.55. The van der Waals surface area contributed by atoms with Gasteiger partial charge < -0.3 is 16.4 Å². The number of nitrogens with zero attached hydrogens (tertiary/aromatic N) is 6. The normalized spacial score (nSPS) is 11.5. The lowest BCUT2D eigenvalue weighted by Crippen LogP contribution is -2.22. The summed E-state index contributed by atoms with van der Waals surface area (Å²) >= 11 is 0. The second-order valence-corrected chi connectivity index (χ2v) is 6.87. The lowest BCUT2D eigenvalue weighted by Gasteiger charge is -2.21. The molecule has 0 saturated carbocycles. The highest BCUT2D eigenvalue weighted by Gasteiger charge is 2.26. The van der Waals surface area contributed by atoms with E-state index in [2.05, 4.69) is 30.6 Å². The molecule has 0 aliphatic carbocycles. The van der Waals surface area contributed by atoms with Crippen LogP contribution in [0.1, 0.15) is 34.6 Å². The Labute approximate surface area is 183 Å². The highest BCUT2D eigenvalue weighted by molar-refractivity contribution is 6.10. The van der Waals surface area contributed by atoms with Gasteiger partial charge in [0.25, 0.3) is 5.91 Å². The number of carbonyl (C=O) groups is 1. The second-order valence-electron chi connectivity index (χ2n) is 6.87. The fraction of sp³-hybridized carbons (Fsp3) is 0.136. The number of anilines is 2. The molecule has 0 aliphatic rings. The Morgan fingerprint density at radius 1 is 1.12 bits per heavy atom. The van der Waals surface area contributed by atoms with Crippen LogP contribution >= 0.6 is 0 Å². The molecule has 1 atom stereocenters. The van der Waals surface area contributed by atoms with Crippen LogP contribution in [0.4, 0.5) is 11.6 Å². The van der Waals surface area contributed by atoms with Crippen molar-refractivity contribution in [3.63, 3.8) is 0 Å². The van der Waals surface area contributed by atoms with Crippen LogP contribution in [0.15, 0.2) is 49.1 Å². The maximum Gasteiger partial charge on any atom is 0.254 e. The first-order chi connectivity index (χ1) is 15.5. The third-order valence-electron chi connectivity index (χ3n) is 4.90. The molecule has 0 fully saturated rings. The Morgan fingerprint density at radius 3 is 2.66 bits per heavy atom. The molecule has 0 aliphatic heterocycles. The molecular formula is C22H19N9O. The van der Waals surface area contributed by atoms with Crippen molar-refractivity contribution in [1.82, 2.24) is 30.2 Å². The van der Waals surface area contributed by atoms with Crippen molar-refractivity contribution >= 4 is 28.6 Å². The highest BCUT2D eigenvalue weighted by atomic mass is 16.1. The summed E-state index contributed by atoms with van der Waals surface area (Å²) in [4.78, 5) is 34.7. The lowest BCUT2D eigenvalue weighted by atomic mass is 9.96. The molecule has 1 amide bonds. The number of hydrogen-bond donors (Lipinski definition) is 3. The van der Waals surface area contributed by atoms with Crippen LogP contribution < -0.4 is 16.4 Å². The predicted molar refractivity (Wildman–Crippen MR) is 119 cm³/mol. The van der Waals surface area contributed by atoms with E-state index in [4.69, 9.17) is 10.7 Å². The molecule has 0 bridgehead atoms. The molecule has 158 valence electrons. The van der Waals surface area contributed by atoms with Crippen molar-refractivity contribution < 1.29 is 4.79 Å². The number of nitriles is 1. The molecule has 0 radical (unpaired) electrons. The maximum atomic E-state index is 13.0. The molecule has 4 heterocycles. The number of hydrogen-bond acceptors (Lipinski definition) is 9. The van der Waals surface area contributed by atoms with E-state index in [0.29, 0.717) is 33.5 Å². The van der Waals surface area contributed by atoms with Gasteiger partial charge in [0.15, 0.2) is 0 Å². The Hall–Kier alpha value is -4.65. The number of nitrogens with one attached hydrogen (secondary N) is 2. The van der Waals surface area contributed by atoms with Gasteiger partial charge in [-0.25, -0.2) is 15.0 Å². The van der Waals surface area contributed by atoms with Gasteiger partial charge in [-0.3, -0.25) is 14.8 Å². The summed E-state index contributed by atoms with van der Waals surface area (Å²) in [6.07, 6.45) is 4.54. The second kappa shape index (κ2) is 8.61. The Balaban J connectivity index is 1.97. The SMILES string of the molecule is CNC(=O)c1c(-c2ccccn2)c([C@H](C)Nc2ncnc(N)c2C#N)nc2cccnc12. The minimum atomic E-state index is -0.471. The molecule has 10 heteroatoms. The van der Waals surface area contributed by atoms with Gasteiger partial charge in [-0.05, 0) is 31.2 Å². The summed E-state index contributed by atoms with van der Waals surface area (Å²) in [5.74, 6) is 0.0344. The van der Waals surface area contributed by atoms with Gasteiger partial charge in [0.1, 0.15) is 35.1 Å². The summed E-state index contributed by atoms with van der Waals surface area (Å²) < 4.78 is 0. The van der Waals surface area contributed by atoms with E-state index >= 15 is 0 Å². The molecule has 0 unspecified atom stereocenters. The van der Waals surface area contributed by atoms with E-state index in [1.165, 1.54) is 6.33 Å². The van der Waals surface area contributed by atoms with Gasteiger partial charge in [-0.1, -0.05) is 6.07 Å². The minimum Gasteiger partial charge on any atom is -0.382 e. The number of pyridine rings is 3. The molecule has 0 saturated heterocycles. The van der Waals surface area contributed by atoms with E-state index in [9.17, 15) is 10.1 Å². The Bertz CT molecular complexity index is 1350. The summed E-state index contributed by atoms with van der Waals surface area (Å²) in [5, 5.41) is 15.3. The average molecular weight is 425 g/mol. The number of fused-ring (bicyclic) bond motifs is 1. The standard InChI is InChI=1S/C22H19N9O/c1-12(30-21-13(10-23)20(24)28-11-29-21)18-16(14-6-3-4-8-26-14)17(22(32)25-2)19-15(31-18)7-5-9-27-19/h3-9,11-12H,1-2H3,(H,25,32)(H3,24,28,29,30)/t12-/m0/s1. The molecule has 32 heavy (non-hydrogen) atoms. The van der Waals surface area contributed by atoms with Gasteiger partial charge >= 0.3 is 0 Å². The van der Waals surface area contributed by atoms with Crippen molar-refractivity contribution in [3.8, 4) is 17.3 Å². The third-order valence-corrected chi connectivity index (χ3v) is 4.90. The zero-order chi connectivity index (χ0) is 22.7. The van der Waals surface area contributed by atoms with E-state index < -0.39 is 6.04 Å². The van der Waals surface area contributed by atoms with Gasteiger partial charge in [0.05, 0.1) is 28.5 Å². The van der Waals surface area contributed by atoms with E-state index in [1.54, 1.807) is 43.7 Å². The third kappa shape index (κ3) is 3.63. The first-order valence-electron chi connectivity index (χ1n) is 9.74. The van der Waals surface area contributed by atoms with Crippen LogP contribution in [-0.2, 0) is 0 Å². The fourth-order valence-electron chi connectivity index (χ4n) is 3.43. The number of nitrogen functional groups attached to an aromatic ring is 1. The molecule has 4 aromatic rings. The van der Waals surface area contributed by atoms with Crippen molar-refractivity contribution in [2.24, 2.45) is 0 Å². The van der Waals surface area contributed by atoms with Crippen molar-refractivity contribution in [1.29, 1.82) is 5.26 Å². The summed E-state index contributed by atoms with van der Waals surface area (Å²) in [5.41, 5.74) is 8.99. The van der Waals surface area contributed by atoms with Crippen LogP contribution in [0.25, 0.3) is 22.3 Å². The topological polar surface area (TPSA) is 155 Å². The van der Waals surface area contributed by atoms with E-state index in [1.807, 2.05) is 19.1 Å². The van der Waals surface area contributed by atoms with Gasteiger partial charge in [-0.2, -0.15) is 5.26 Å². The first-order valence-corrected chi connectivity index (χ1v) is 9.74. The molecule has 4 N–H and O–H groups in total. The van der Waals surface area contributed by atoms with Gasteiger partial charge in [0, 0.05) is 25.0 Å². The first kappa shape index (κ1) is 20.6. The maximum absolute atomic E-state index is 13.0. The van der Waals surface area contributed by atoms with Crippen molar-refractivity contribution in [3.05, 3.63) is 65.9 Å². The fourth-order valence-corrected chi connectivity index (χ4v) is 3.43. The smallest absolute Gasteiger partial charge is 0.254 e. The summed E-state index contributed by atoms with van der Waals surface area (Å²) in [6, 6.07) is 10.5. The summed E-state index contributed by atoms with van der Waals surface area (Å²) in [6.45, 7) is 1.85. The lowest BCUT2D eigenvalue weighted by molar-refractivity contribution is 0.0965. The predicted octanol–water partition coefficient (Wildman–Crippen LogP) is 2.47. The van der Waals surface area contributed by atoms with Crippen LogP contribution in [0.3, 0.4) is 0 Å². The number of carbonyl (C=O) groups excluding carboxylic acids is 1. The van der Waals surface area contributed by atoms with Crippen molar-refractivity contribution in [2.45, 2.75) is 13.0 Å². The number of aromatic nitrogens is 5. The molecule has 10 nitrogen and oxygen atoms in total. The van der Waals surface area contributed by atoms with Crippen LogP contribution in [0.2, 0.25) is 0 Å². The molecule has 4 rings (SSSR count). The van der Waals surface area contributed by atoms with E-state index in [0.717, 1.165) is 0 Å². The number of rotatable bonds is 5. The molecule has 0 spiro atoms. The minimum absolute atomic E-state index is 0.0730. The number of amides is 1. The number of nitrogens with two attached hydrogens (primary N) is 1. The van der Waals surface area contributed by atoms with Crippen LogP contribution in [-0.4, -0.2) is 37.9 Å². The monoisotopic (exact) mass is 425 g/mol. The van der Waals surface area contributed by atoms with Crippen LogP contribution in [0.5, 0.6) is 0 Å². The van der Waals surface area contributed by atoms with Crippen molar-refractivity contribution in [2.75, 3.05) is 18.1 Å². The van der Waals surface area contributed by atoms with Gasteiger partial charge in [-0.15, -0.1) is 0 Å². The highest BCUT2D eigenvalue weighted by Crippen LogP contribution is 2.34. The molecular weight excluding hydrogens is 406 g/mol. The zero-order valence-electron chi connectivity index (χ0n) is 17.4. The van der Waals surface area contributed by atoms with E-state index in [-0.39, 0.29) is 23.1 Å². The zero-order valence-corrected chi connectivity index (χ0v) is 17.4. The molecule has 4 aromatic heterocycles. The van der Waals surface area contributed by atoms with Crippen LogP contribution in [0, 0.1) is 11.3 Å². The largest absolute Gasteiger partial charge is 0.382 e. The summed E-state index contributed by atoms with van der Waals surface area (Å²) in [7, 11) is 1.56.